The van der Waals surface area contributed by atoms with Crippen LogP contribution in [0.1, 0.15) is 44.3 Å². The number of carbonyl (C=O) groups excluding carboxylic acids is 2. The zero-order chi connectivity index (χ0) is 23.7. The van der Waals surface area contributed by atoms with Crippen LogP contribution in [0.5, 0.6) is 0 Å². The van der Waals surface area contributed by atoms with Gasteiger partial charge in [-0.25, -0.2) is 14.4 Å². The van der Waals surface area contributed by atoms with Gasteiger partial charge in [0.15, 0.2) is 12.4 Å². The molecule has 0 atom stereocenters. The fourth-order valence-corrected chi connectivity index (χ4v) is 4.08. The van der Waals surface area contributed by atoms with Crippen LogP contribution in [0.15, 0.2) is 43.0 Å². The number of aromatic nitrogens is 2. The van der Waals surface area contributed by atoms with Crippen LogP contribution in [0.25, 0.3) is 28.9 Å². The Morgan fingerprint density at radius 3 is 2.39 bits per heavy atom. The average molecular weight is 447 g/mol. The first kappa shape index (κ1) is 22.0. The van der Waals surface area contributed by atoms with Crippen LogP contribution in [0.4, 0.5) is 0 Å². The largest absolute Gasteiger partial charge is 0.477 e. The van der Waals surface area contributed by atoms with Crippen molar-refractivity contribution in [3.63, 3.8) is 0 Å². The monoisotopic (exact) mass is 447 g/mol. The molecule has 1 aromatic rings. The van der Waals surface area contributed by atoms with Crippen LogP contribution < -0.4 is 4.57 Å². The number of allylic oxidation sites excluding steroid dienone is 2. The Morgan fingerprint density at radius 2 is 1.73 bits per heavy atom. The van der Waals surface area contributed by atoms with Crippen molar-refractivity contribution < 1.29 is 33.5 Å². The number of aryl methyl sites for hydroxylation is 1. The van der Waals surface area contributed by atoms with E-state index in [2.05, 4.69) is 0 Å². The highest BCUT2D eigenvalue weighted by atomic mass is 16.5. The van der Waals surface area contributed by atoms with E-state index in [1.165, 1.54) is 25.0 Å². The van der Waals surface area contributed by atoms with E-state index in [4.69, 9.17) is 14.6 Å². The van der Waals surface area contributed by atoms with Gasteiger partial charge in [0.1, 0.15) is 5.56 Å². The van der Waals surface area contributed by atoms with E-state index in [1.54, 1.807) is 12.4 Å². The van der Waals surface area contributed by atoms with Gasteiger partial charge in [-0.15, -0.1) is 0 Å². The molecule has 0 saturated heterocycles. The lowest BCUT2D eigenvalue weighted by Gasteiger charge is -2.13. The Kier molecular flexibility index (Phi) is 5.83. The lowest BCUT2D eigenvalue weighted by molar-refractivity contribution is -0.686. The summed E-state index contributed by atoms with van der Waals surface area (Å²) >= 11 is 0. The molecule has 1 aliphatic heterocycles. The molecule has 0 spiro atoms. The van der Waals surface area contributed by atoms with Gasteiger partial charge in [0.05, 0.1) is 19.8 Å². The number of methoxy groups -OCH3 is 2. The van der Waals surface area contributed by atoms with Gasteiger partial charge in [-0.1, -0.05) is 18.2 Å². The summed E-state index contributed by atoms with van der Waals surface area (Å²) in [7, 11) is 2.64. The quantitative estimate of drug-likeness (QED) is 0.461. The molecule has 168 valence electrons. The molecule has 2 aliphatic carbocycles. The number of carboxylic acids is 1. The predicted molar refractivity (Wildman–Crippen MR) is 121 cm³/mol. The number of aliphatic carboxylic acids is 1. The number of carbonyl (C=O) groups is 3. The molecule has 0 radical (unpaired) electrons. The highest BCUT2D eigenvalue weighted by molar-refractivity contribution is 6.07. The zero-order valence-electron chi connectivity index (χ0n) is 18.5. The highest BCUT2D eigenvalue weighted by Crippen LogP contribution is 2.37. The smallest absolute Gasteiger partial charge is 0.370 e. The third-order valence-electron chi connectivity index (χ3n) is 5.60. The number of pyridine rings is 2. The number of hydrogen-bond donors (Lipinski definition) is 1. The first-order chi connectivity index (χ1) is 15.9. The third-order valence-corrected chi connectivity index (χ3v) is 5.60. The second-order valence-electron chi connectivity index (χ2n) is 7.60. The molecule has 0 aromatic carbocycles. The molecule has 4 rings (SSSR count). The first-order valence-corrected chi connectivity index (χ1v) is 10.3. The first-order valence-electron chi connectivity index (χ1n) is 10.3. The van der Waals surface area contributed by atoms with Crippen molar-refractivity contribution in [1.29, 1.82) is 0 Å². The van der Waals surface area contributed by atoms with Crippen molar-refractivity contribution in [3.05, 3.63) is 70.8 Å². The van der Waals surface area contributed by atoms with E-state index in [-0.39, 0.29) is 12.1 Å². The fourth-order valence-electron chi connectivity index (χ4n) is 4.08. The lowest BCUT2D eigenvalue weighted by Crippen LogP contribution is -2.39. The Hall–Kier alpha value is -4.20. The van der Waals surface area contributed by atoms with Crippen molar-refractivity contribution in [2.45, 2.75) is 20.0 Å². The van der Waals surface area contributed by atoms with Crippen LogP contribution in [0, 0.1) is 0 Å². The minimum atomic E-state index is -1.01. The van der Waals surface area contributed by atoms with Gasteiger partial charge in [0, 0.05) is 35.6 Å². The molecule has 3 aliphatic rings. The molecule has 0 saturated carbocycles. The maximum atomic E-state index is 12.5. The summed E-state index contributed by atoms with van der Waals surface area (Å²) < 4.78 is 13.3. The molecular formula is C25H23N2O6+. The van der Waals surface area contributed by atoms with E-state index in [0.29, 0.717) is 17.7 Å². The van der Waals surface area contributed by atoms with E-state index in [0.717, 1.165) is 27.8 Å². The number of carboxylic acid groups (broad SMARTS) is 1. The molecule has 0 amide bonds. The number of fused-ring (bicyclic) bond motifs is 2. The van der Waals surface area contributed by atoms with Gasteiger partial charge < -0.3 is 19.1 Å². The lowest BCUT2D eigenvalue weighted by atomic mass is 9.98. The minimum absolute atomic E-state index is 0.273. The number of hydrogen-bond acceptors (Lipinski definition) is 5. The number of rotatable bonds is 6. The summed E-state index contributed by atoms with van der Waals surface area (Å²) in [5, 5.41) is 9.15. The normalized spacial score (nSPS) is 13.4. The molecule has 0 unspecified atom stereocenters. The number of esters is 2. The van der Waals surface area contributed by atoms with Gasteiger partial charge in [0.2, 0.25) is 6.54 Å². The Labute approximate surface area is 190 Å². The highest BCUT2D eigenvalue weighted by Gasteiger charge is 2.27. The summed E-state index contributed by atoms with van der Waals surface area (Å²) in [6.45, 7) is 2.39. The van der Waals surface area contributed by atoms with Crippen molar-refractivity contribution in [1.82, 2.24) is 4.57 Å². The maximum absolute atomic E-state index is 12.5. The zero-order valence-corrected chi connectivity index (χ0v) is 18.5. The van der Waals surface area contributed by atoms with E-state index in [9.17, 15) is 14.4 Å². The van der Waals surface area contributed by atoms with E-state index < -0.39 is 17.9 Å². The maximum Gasteiger partial charge on any atom is 0.370 e. The summed E-state index contributed by atoms with van der Waals surface area (Å²) in [5.41, 5.74) is 5.48. The van der Waals surface area contributed by atoms with E-state index in [1.807, 2.05) is 48.0 Å². The Morgan fingerprint density at radius 1 is 1.00 bits per heavy atom. The molecule has 2 heterocycles. The van der Waals surface area contributed by atoms with Gasteiger partial charge in [-0.05, 0) is 35.8 Å². The number of nitrogens with zero attached hydrogens (tertiary/aromatic N) is 2. The van der Waals surface area contributed by atoms with Crippen LogP contribution >= 0.6 is 0 Å². The fraction of sp³-hybridized carbons (Fsp3) is 0.200. The topological polar surface area (TPSA) is 98.7 Å². The molecular weight excluding hydrogens is 424 g/mol. The van der Waals surface area contributed by atoms with Gasteiger partial charge in [-0.2, -0.15) is 4.57 Å². The SMILES string of the molecule is CCn1cc(C(=O)OC)c2ccc(C=C3C=Cc4c[n+](CC(=O)O)cc(C(=O)OC)c43)c-2c1. The second kappa shape index (κ2) is 8.74. The molecule has 0 bridgehead atoms. The van der Waals surface area contributed by atoms with Crippen LogP contribution in [-0.2, 0) is 27.4 Å². The van der Waals surface area contributed by atoms with Crippen molar-refractivity contribution >= 4 is 35.6 Å². The van der Waals surface area contributed by atoms with Crippen LogP contribution in [-0.4, -0.2) is 41.8 Å². The summed E-state index contributed by atoms with van der Waals surface area (Å²) in [4.78, 5) is 36.0. The van der Waals surface area contributed by atoms with Gasteiger partial charge >= 0.3 is 17.9 Å². The molecule has 1 N–H and O–H groups in total. The van der Waals surface area contributed by atoms with Gasteiger partial charge in [0.25, 0.3) is 0 Å². The van der Waals surface area contributed by atoms with Crippen molar-refractivity contribution in [3.8, 4) is 11.1 Å². The second-order valence-corrected chi connectivity index (χ2v) is 7.60. The molecule has 8 heteroatoms. The molecule has 33 heavy (non-hydrogen) atoms. The Balaban J connectivity index is 1.85. The van der Waals surface area contributed by atoms with Gasteiger partial charge in [-0.3, -0.25) is 0 Å². The predicted octanol–water partition coefficient (Wildman–Crippen LogP) is 3.13. The van der Waals surface area contributed by atoms with Crippen molar-refractivity contribution in [2.75, 3.05) is 14.2 Å². The summed E-state index contributed by atoms with van der Waals surface area (Å²) in [6, 6.07) is 3.79. The van der Waals surface area contributed by atoms with E-state index >= 15 is 0 Å². The standard InChI is InChI=1S/C25H22N2O6/c1-4-26-11-19-15(7-8-18(19)20(12-26)24(30)32-2)9-16-5-6-17-10-27(14-22(28)29)13-21(23(16)17)25(31)33-3/h5-13H,4,14H2,1-3H3/p+1. The molecule has 1 aromatic heterocycles. The minimum Gasteiger partial charge on any atom is -0.477 e. The molecule has 8 nitrogen and oxygen atoms in total. The summed E-state index contributed by atoms with van der Waals surface area (Å²) in [5.74, 6) is -1.97. The van der Waals surface area contributed by atoms with Crippen LogP contribution in [0.3, 0.4) is 0 Å². The summed E-state index contributed by atoms with van der Waals surface area (Å²) in [6.07, 6.45) is 12.6. The molecule has 0 fully saturated rings. The third kappa shape index (κ3) is 4.03. The Bertz CT molecular complexity index is 1310. The number of ether oxygens (including phenoxy) is 2. The average Bonchev–Trinajstić information content (AvgIpc) is 3.40. The van der Waals surface area contributed by atoms with Crippen LogP contribution in [0.2, 0.25) is 0 Å². The van der Waals surface area contributed by atoms with Crippen molar-refractivity contribution in [2.24, 2.45) is 0 Å².